The number of hydrogen-bond acceptors (Lipinski definition) is 8. The van der Waals surface area contributed by atoms with E-state index in [1.807, 2.05) is 24.3 Å². The Balaban J connectivity index is 1.40. The topological polar surface area (TPSA) is 109 Å². The summed E-state index contributed by atoms with van der Waals surface area (Å²) in [5.74, 6) is 2.72. The normalized spacial score (nSPS) is 18.2. The Morgan fingerprint density at radius 1 is 1.14 bits per heavy atom. The molecule has 3 aromatic rings. The summed E-state index contributed by atoms with van der Waals surface area (Å²) in [7, 11) is 0. The third-order valence-corrected chi connectivity index (χ3v) is 6.71. The smallest absolute Gasteiger partial charge is 0.324 e. The summed E-state index contributed by atoms with van der Waals surface area (Å²) in [5, 5.41) is 9.24. The molecule has 1 fully saturated rings. The molecule has 0 radical (unpaired) electrons. The quantitative estimate of drug-likeness (QED) is 0.550. The van der Waals surface area contributed by atoms with Gasteiger partial charge in [0.15, 0.2) is 11.6 Å². The van der Waals surface area contributed by atoms with Crippen molar-refractivity contribution < 1.29 is 14.1 Å². The van der Waals surface area contributed by atoms with Gasteiger partial charge < -0.3 is 19.5 Å². The zero-order valence-corrected chi connectivity index (χ0v) is 21.2. The van der Waals surface area contributed by atoms with Crippen molar-refractivity contribution in [3.8, 4) is 11.4 Å². The molecule has 2 aliphatic heterocycles. The van der Waals surface area contributed by atoms with Gasteiger partial charge in [-0.3, -0.25) is 10.2 Å². The number of carbonyl (C=O) groups excluding carboxylic acids is 1. The molecule has 0 spiro atoms. The molecule has 1 aromatic carbocycles. The molecule has 0 saturated carbocycles. The van der Waals surface area contributed by atoms with Crippen LogP contribution in [0.4, 0.5) is 22.1 Å². The second-order valence-corrected chi connectivity index (χ2v) is 9.71. The molecule has 10 nitrogen and oxygen atoms in total. The van der Waals surface area contributed by atoms with E-state index in [9.17, 15) is 4.79 Å². The summed E-state index contributed by atoms with van der Waals surface area (Å²) in [4.78, 5) is 27.2. The van der Waals surface area contributed by atoms with Crippen LogP contribution in [-0.2, 0) is 17.7 Å². The Morgan fingerprint density at radius 2 is 1.94 bits per heavy atom. The number of nitrogens with one attached hydrogen (secondary N) is 2. The number of ether oxygens (including phenoxy) is 1. The van der Waals surface area contributed by atoms with Crippen LogP contribution < -0.4 is 15.5 Å². The van der Waals surface area contributed by atoms with Gasteiger partial charge in [-0.05, 0) is 58.4 Å². The highest BCUT2D eigenvalue weighted by Crippen LogP contribution is 2.32. The van der Waals surface area contributed by atoms with Crippen molar-refractivity contribution in [2.45, 2.75) is 52.7 Å². The van der Waals surface area contributed by atoms with Crippen LogP contribution in [0.3, 0.4) is 0 Å². The fraction of sp³-hybridized carbons (Fsp3) is 0.462. The maximum Gasteiger partial charge on any atom is 0.324 e. The van der Waals surface area contributed by atoms with Crippen LogP contribution in [0.2, 0.25) is 0 Å². The monoisotopic (exact) mass is 491 g/mol. The molecule has 0 aliphatic carbocycles. The van der Waals surface area contributed by atoms with Crippen LogP contribution in [0.5, 0.6) is 0 Å². The number of aromatic nitrogens is 3. The zero-order chi connectivity index (χ0) is 25.2. The summed E-state index contributed by atoms with van der Waals surface area (Å²) < 4.78 is 10.7. The first-order valence-electron chi connectivity index (χ1n) is 12.5. The molecule has 36 heavy (non-hydrogen) atoms. The maximum atomic E-state index is 12.3. The SMILES string of the molecule is Cc1cc(NC(=O)Nc2ccc(-c3nc4c(c(N5CCOC[C@@H]5C)n3)CCN(C(C)C)C4)cc2)no1. The summed E-state index contributed by atoms with van der Waals surface area (Å²) in [6.07, 6.45) is 0.941. The van der Waals surface area contributed by atoms with Gasteiger partial charge in [-0.15, -0.1) is 0 Å². The van der Waals surface area contributed by atoms with Crippen molar-refractivity contribution >= 4 is 23.4 Å². The number of morpholine rings is 1. The number of aryl methyl sites for hydroxylation is 1. The van der Waals surface area contributed by atoms with Gasteiger partial charge in [-0.1, -0.05) is 5.16 Å². The van der Waals surface area contributed by atoms with Crippen molar-refractivity contribution in [3.05, 3.63) is 47.3 Å². The van der Waals surface area contributed by atoms with Crippen molar-refractivity contribution in [2.75, 3.05) is 41.8 Å². The Hall–Kier alpha value is -3.50. The number of benzene rings is 1. The molecule has 10 heteroatoms. The average molecular weight is 492 g/mol. The predicted molar refractivity (Wildman–Crippen MR) is 138 cm³/mol. The van der Waals surface area contributed by atoms with E-state index in [0.29, 0.717) is 42.3 Å². The Morgan fingerprint density at radius 3 is 2.64 bits per heavy atom. The first-order valence-corrected chi connectivity index (χ1v) is 12.5. The van der Waals surface area contributed by atoms with Gasteiger partial charge in [0.25, 0.3) is 0 Å². The predicted octanol–water partition coefficient (Wildman–Crippen LogP) is 4.08. The summed E-state index contributed by atoms with van der Waals surface area (Å²) in [5.41, 5.74) is 3.91. The van der Waals surface area contributed by atoms with E-state index in [1.54, 1.807) is 13.0 Å². The highest BCUT2D eigenvalue weighted by molar-refractivity contribution is 5.99. The van der Waals surface area contributed by atoms with E-state index in [0.717, 1.165) is 43.1 Å². The molecule has 0 bridgehead atoms. The first-order chi connectivity index (χ1) is 17.4. The van der Waals surface area contributed by atoms with Gasteiger partial charge in [0.2, 0.25) is 0 Å². The Kier molecular flexibility index (Phi) is 6.88. The molecule has 0 unspecified atom stereocenters. The molecule has 2 amide bonds. The molecule has 2 aromatic heterocycles. The fourth-order valence-electron chi connectivity index (χ4n) is 4.69. The zero-order valence-electron chi connectivity index (χ0n) is 21.2. The van der Waals surface area contributed by atoms with Crippen LogP contribution in [0.15, 0.2) is 34.9 Å². The van der Waals surface area contributed by atoms with E-state index >= 15 is 0 Å². The molecule has 1 saturated heterocycles. The van der Waals surface area contributed by atoms with E-state index in [4.69, 9.17) is 19.2 Å². The Bertz CT molecular complexity index is 1220. The van der Waals surface area contributed by atoms with Gasteiger partial charge in [0.05, 0.1) is 24.9 Å². The maximum absolute atomic E-state index is 12.3. The van der Waals surface area contributed by atoms with Gasteiger partial charge in [0.1, 0.15) is 11.6 Å². The lowest BCUT2D eigenvalue weighted by atomic mass is 10.0. The molecular formula is C26H33N7O3. The van der Waals surface area contributed by atoms with Crippen molar-refractivity contribution in [1.82, 2.24) is 20.0 Å². The van der Waals surface area contributed by atoms with Crippen LogP contribution in [-0.4, -0.2) is 64.4 Å². The number of hydrogen-bond donors (Lipinski definition) is 2. The number of amides is 2. The second kappa shape index (κ2) is 10.2. The number of carbonyl (C=O) groups is 1. The molecule has 2 N–H and O–H groups in total. The third-order valence-electron chi connectivity index (χ3n) is 6.71. The third kappa shape index (κ3) is 5.19. The number of rotatable bonds is 5. The van der Waals surface area contributed by atoms with Gasteiger partial charge >= 0.3 is 6.03 Å². The Labute approximate surface area is 211 Å². The van der Waals surface area contributed by atoms with Crippen LogP contribution >= 0.6 is 0 Å². The van der Waals surface area contributed by atoms with Crippen molar-refractivity contribution in [2.24, 2.45) is 0 Å². The molecule has 4 heterocycles. The minimum atomic E-state index is -0.390. The van der Waals surface area contributed by atoms with Crippen LogP contribution in [0.1, 0.15) is 37.8 Å². The molecular weight excluding hydrogens is 458 g/mol. The van der Waals surface area contributed by atoms with Gasteiger partial charge in [-0.25, -0.2) is 14.8 Å². The lowest BCUT2D eigenvalue weighted by Gasteiger charge is -2.38. The highest BCUT2D eigenvalue weighted by atomic mass is 16.5. The van der Waals surface area contributed by atoms with E-state index < -0.39 is 6.03 Å². The lowest BCUT2D eigenvalue weighted by molar-refractivity contribution is 0.0983. The standard InChI is InChI=1S/C26H33N7O3/c1-16(2)32-10-9-21-22(14-32)28-24(30-25(21)33-11-12-35-15-17(33)3)19-5-7-20(8-6-19)27-26(34)29-23-13-18(4)36-31-23/h5-8,13,16-17H,9-12,14-15H2,1-4H3,(H2,27,29,31,34)/t17-/m0/s1. The fourth-order valence-corrected chi connectivity index (χ4v) is 4.69. The van der Waals surface area contributed by atoms with Crippen molar-refractivity contribution in [1.29, 1.82) is 0 Å². The second-order valence-electron chi connectivity index (χ2n) is 9.71. The lowest BCUT2D eigenvalue weighted by Crippen LogP contribution is -2.45. The number of fused-ring (bicyclic) bond motifs is 1. The van der Waals surface area contributed by atoms with Crippen molar-refractivity contribution in [3.63, 3.8) is 0 Å². The number of anilines is 3. The van der Waals surface area contributed by atoms with E-state index in [-0.39, 0.29) is 6.04 Å². The van der Waals surface area contributed by atoms with E-state index in [2.05, 4.69) is 46.4 Å². The molecule has 5 rings (SSSR count). The molecule has 1 atom stereocenters. The minimum Gasteiger partial charge on any atom is -0.377 e. The van der Waals surface area contributed by atoms with E-state index in [1.165, 1.54) is 5.56 Å². The van der Waals surface area contributed by atoms with Gasteiger partial charge in [0, 0.05) is 48.6 Å². The summed E-state index contributed by atoms with van der Waals surface area (Å²) >= 11 is 0. The largest absolute Gasteiger partial charge is 0.377 e. The minimum absolute atomic E-state index is 0.257. The first kappa shape index (κ1) is 24.2. The average Bonchev–Trinajstić information content (AvgIpc) is 3.27. The summed E-state index contributed by atoms with van der Waals surface area (Å²) in [6.45, 7) is 12.4. The highest BCUT2D eigenvalue weighted by Gasteiger charge is 2.29. The van der Waals surface area contributed by atoms with Crippen LogP contribution in [0, 0.1) is 6.92 Å². The molecule has 190 valence electrons. The van der Waals surface area contributed by atoms with Crippen LogP contribution in [0.25, 0.3) is 11.4 Å². The van der Waals surface area contributed by atoms with Gasteiger partial charge in [-0.2, -0.15) is 0 Å². The molecule has 2 aliphatic rings. The number of nitrogens with zero attached hydrogens (tertiary/aromatic N) is 5. The number of urea groups is 1. The summed E-state index contributed by atoms with van der Waals surface area (Å²) in [6, 6.07) is 9.56.